The summed E-state index contributed by atoms with van der Waals surface area (Å²) in [6, 6.07) is 12.9. The van der Waals surface area contributed by atoms with Crippen LogP contribution in [0, 0.1) is 0 Å². The van der Waals surface area contributed by atoms with Crippen LogP contribution in [-0.4, -0.2) is 15.9 Å². The second-order valence-electron chi connectivity index (χ2n) is 4.74. The van der Waals surface area contributed by atoms with E-state index in [1.807, 2.05) is 36.4 Å². The molecule has 0 saturated heterocycles. The normalized spacial score (nSPS) is 10.6. The molecule has 3 aromatic rings. The van der Waals surface area contributed by atoms with E-state index in [0.29, 0.717) is 22.6 Å². The minimum absolute atomic E-state index is 0.110. The Labute approximate surface area is 130 Å². The molecule has 0 aliphatic rings. The Morgan fingerprint density at radius 3 is 2.77 bits per heavy atom. The van der Waals surface area contributed by atoms with Crippen molar-refractivity contribution in [3.05, 3.63) is 58.5 Å². The molecule has 2 heterocycles. The summed E-state index contributed by atoms with van der Waals surface area (Å²) in [5.74, 6) is -0.110. The fourth-order valence-electron chi connectivity index (χ4n) is 2.03. The van der Waals surface area contributed by atoms with E-state index in [-0.39, 0.29) is 11.5 Å². The minimum Gasteiger partial charge on any atom is -0.351 e. The Kier molecular flexibility index (Phi) is 3.93. The lowest BCUT2D eigenvalue weighted by atomic mass is 10.3. The van der Waals surface area contributed by atoms with E-state index in [2.05, 4.69) is 15.3 Å². The van der Waals surface area contributed by atoms with Crippen LogP contribution in [0.2, 0.25) is 0 Å². The van der Waals surface area contributed by atoms with Crippen LogP contribution in [0.1, 0.15) is 12.6 Å². The standard InChI is InChI=1S/C16H13N3O2S/c1-10(20)17-9-11-5-4-7-13(18-11)16-19-15(21)12-6-2-3-8-14(12)22-16/h2-8H,9H2,1H3,(H,17,20). The molecule has 22 heavy (non-hydrogen) atoms. The van der Waals surface area contributed by atoms with Crippen molar-refractivity contribution in [1.82, 2.24) is 15.3 Å². The highest BCUT2D eigenvalue weighted by Crippen LogP contribution is 2.24. The lowest BCUT2D eigenvalue weighted by Crippen LogP contribution is -2.19. The number of hydrogen-bond donors (Lipinski definition) is 1. The molecule has 0 atom stereocenters. The SMILES string of the molecule is CC(=O)NCc1cccc(-c2nc(=O)c3ccccc3s2)n1. The largest absolute Gasteiger partial charge is 0.351 e. The second-order valence-corrected chi connectivity index (χ2v) is 5.77. The third-order valence-electron chi connectivity index (χ3n) is 3.07. The first kappa shape index (κ1) is 14.3. The van der Waals surface area contributed by atoms with Gasteiger partial charge < -0.3 is 5.32 Å². The number of fused-ring (bicyclic) bond motifs is 1. The van der Waals surface area contributed by atoms with Crippen LogP contribution in [0.25, 0.3) is 20.8 Å². The maximum Gasteiger partial charge on any atom is 0.279 e. The van der Waals surface area contributed by atoms with Crippen molar-refractivity contribution < 1.29 is 4.79 Å². The molecule has 1 N–H and O–H groups in total. The fraction of sp³-hybridized carbons (Fsp3) is 0.125. The summed E-state index contributed by atoms with van der Waals surface area (Å²) >= 11 is 1.43. The lowest BCUT2D eigenvalue weighted by molar-refractivity contribution is -0.119. The summed E-state index contributed by atoms with van der Waals surface area (Å²) < 4.78 is 0.881. The van der Waals surface area contributed by atoms with Gasteiger partial charge in [-0.2, -0.15) is 4.98 Å². The van der Waals surface area contributed by atoms with Crippen molar-refractivity contribution in [3.8, 4) is 10.7 Å². The average Bonchev–Trinajstić information content (AvgIpc) is 2.53. The van der Waals surface area contributed by atoms with Crippen LogP contribution in [0.4, 0.5) is 0 Å². The van der Waals surface area contributed by atoms with Gasteiger partial charge in [-0.05, 0) is 24.3 Å². The van der Waals surface area contributed by atoms with Gasteiger partial charge in [0.1, 0.15) is 5.01 Å². The van der Waals surface area contributed by atoms with Gasteiger partial charge in [-0.25, -0.2) is 4.98 Å². The molecule has 0 spiro atoms. The average molecular weight is 311 g/mol. The molecule has 1 aromatic carbocycles. The highest BCUT2D eigenvalue weighted by Gasteiger charge is 2.08. The van der Waals surface area contributed by atoms with E-state index in [0.717, 1.165) is 10.4 Å². The van der Waals surface area contributed by atoms with Crippen molar-refractivity contribution in [2.45, 2.75) is 13.5 Å². The highest BCUT2D eigenvalue weighted by atomic mass is 32.1. The van der Waals surface area contributed by atoms with Gasteiger partial charge in [0.25, 0.3) is 5.56 Å². The second kappa shape index (κ2) is 6.03. The van der Waals surface area contributed by atoms with Crippen LogP contribution in [-0.2, 0) is 11.3 Å². The van der Waals surface area contributed by atoms with Crippen LogP contribution >= 0.6 is 11.3 Å². The monoisotopic (exact) mass is 311 g/mol. The van der Waals surface area contributed by atoms with E-state index in [1.165, 1.54) is 18.3 Å². The zero-order valence-corrected chi connectivity index (χ0v) is 12.7. The minimum atomic E-state index is -0.251. The number of amides is 1. The molecule has 3 rings (SSSR count). The molecule has 6 heteroatoms. The summed E-state index contributed by atoms with van der Waals surface area (Å²) in [6.45, 7) is 1.81. The Morgan fingerprint density at radius 2 is 1.95 bits per heavy atom. The predicted molar refractivity (Wildman–Crippen MR) is 86.6 cm³/mol. The van der Waals surface area contributed by atoms with Crippen LogP contribution in [0.5, 0.6) is 0 Å². The van der Waals surface area contributed by atoms with Crippen molar-refractivity contribution in [1.29, 1.82) is 0 Å². The smallest absolute Gasteiger partial charge is 0.279 e. The first-order valence-electron chi connectivity index (χ1n) is 6.74. The molecule has 0 unspecified atom stereocenters. The van der Waals surface area contributed by atoms with Crippen molar-refractivity contribution in [2.75, 3.05) is 0 Å². The number of rotatable bonds is 3. The van der Waals surface area contributed by atoms with Crippen LogP contribution in [0.15, 0.2) is 47.3 Å². The topological polar surface area (TPSA) is 72.0 Å². The molecule has 5 nitrogen and oxygen atoms in total. The Balaban J connectivity index is 2.02. The van der Waals surface area contributed by atoms with E-state index >= 15 is 0 Å². The lowest BCUT2D eigenvalue weighted by Gasteiger charge is -2.05. The molecule has 0 radical (unpaired) electrons. The number of hydrogen-bond acceptors (Lipinski definition) is 5. The van der Waals surface area contributed by atoms with Gasteiger partial charge in [-0.1, -0.05) is 18.2 Å². The number of nitrogens with zero attached hydrogens (tertiary/aromatic N) is 2. The number of aromatic nitrogens is 2. The number of carbonyl (C=O) groups excluding carboxylic acids is 1. The van der Waals surface area contributed by atoms with E-state index in [9.17, 15) is 9.59 Å². The van der Waals surface area contributed by atoms with Gasteiger partial charge in [0, 0.05) is 11.6 Å². The van der Waals surface area contributed by atoms with Crippen molar-refractivity contribution >= 4 is 27.3 Å². The molecule has 0 bridgehead atoms. The molecule has 110 valence electrons. The quantitative estimate of drug-likeness (QED) is 0.806. The Morgan fingerprint density at radius 1 is 1.14 bits per heavy atom. The molecular formula is C16H13N3O2S. The third kappa shape index (κ3) is 3.01. The number of nitrogens with one attached hydrogen (secondary N) is 1. The molecule has 0 saturated carbocycles. The van der Waals surface area contributed by atoms with Gasteiger partial charge in [0.15, 0.2) is 0 Å². The first-order valence-corrected chi connectivity index (χ1v) is 7.56. The zero-order chi connectivity index (χ0) is 15.5. The van der Waals surface area contributed by atoms with Gasteiger partial charge in [0.05, 0.1) is 23.3 Å². The highest BCUT2D eigenvalue weighted by molar-refractivity contribution is 7.21. The molecule has 1 amide bonds. The zero-order valence-electron chi connectivity index (χ0n) is 11.9. The molecule has 0 aliphatic carbocycles. The summed E-state index contributed by atoms with van der Waals surface area (Å²) in [6.07, 6.45) is 0. The van der Waals surface area contributed by atoms with Gasteiger partial charge in [0.2, 0.25) is 5.91 Å². The van der Waals surface area contributed by atoms with Crippen molar-refractivity contribution in [3.63, 3.8) is 0 Å². The number of pyridine rings is 1. The van der Waals surface area contributed by atoms with E-state index in [4.69, 9.17) is 0 Å². The summed E-state index contributed by atoms with van der Waals surface area (Å²) in [4.78, 5) is 31.6. The molecule has 0 fully saturated rings. The fourth-order valence-corrected chi connectivity index (χ4v) is 3.00. The van der Waals surface area contributed by atoms with Crippen molar-refractivity contribution in [2.24, 2.45) is 0 Å². The summed E-state index contributed by atoms with van der Waals surface area (Å²) in [7, 11) is 0. The summed E-state index contributed by atoms with van der Waals surface area (Å²) in [5.41, 5.74) is 1.11. The molecule has 2 aromatic heterocycles. The van der Waals surface area contributed by atoms with Crippen LogP contribution in [0.3, 0.4) is 0 Å². The number of carbonyl (C=O) groups is 1. The third-order valence-corrected chi connectivity index (χ3v) is 4.14. The summed E-state index contributed by atoms with van der Waals surface area (Å²) in [5, 5.41) is 3.89. The van der Waals surface area contributed by atoms with E-state index in [1.54, 1.807) is 6.07 Å². The van der Waals surface area contributed by atoms with Gasteiger partial charge in [-0.15, -0.1) is 11.3 Å². The van der Waals surface area contributed by atoms with Gasteiger partial charge in [-0.3, -0.25) is 9.59 Å². The first-order chi connectivity index (χ1) is 10.6. The number of benzene rings is 1. The predicted octanol–water partition coefficient (Wildman–Crippen LogP) is 2.35. The molecule has 0 aliphatic heterocycles. The molecular weight excluding hydrogens is 298 g/mol. The van der Waals surface area contributed by atoms with Gasteiger partial charge >= 0.3 is 0 Å². The van der Waals surface area contributed by atoms with E-state index < -0.39 is 0 Å². The maximum absolute atomic E-state index is 12.1. The maximum atomic E-state index is 12.1. The Bertz CT molecular complexity index is 905. The van der Waals surface area contributed by atoms with Crippen LogP contribution < -0.4 is 10.9 Å². The Hall–Kier alpha value is -2.60.